The molecule has 0 atom stereocenters. The number of halogens is 1. The number of nitrogens with zero attached hydrogens (tertiary/aromatic N) is 2. The number of nitrogens with one attached hydrogen (secondary N) is 1. The smallest absolute Gasteiger partial charge is 0.194 e. The van der Waals surface area contributed by atoms with Crippen molar-refractivity contribution in [2.45, 2.75) is 6.54 Å². The van der Waals surface area contributed by atoms with Crippen molar-refractivity contribution < 1.29 is 9.50 Å². The summed E-state index contributed by atoms with van der Waals surface area (Å²) in [5.74, 6) is -0.0893. The van der Waals surface area contributed by atoms with E-state index in [0.29, 0.717) is 6.54 Å². The molecule has 0 bridgehead atoms. The molecular formula is C11H14FN3O. The van der Waals surface area contributed by atoms with Crippen molar-refractivity contribution in [1.29, 1.82) is 0 Å². The Morgan fingerprint density at radius 3 is 3.00 bits per heavy atom. The van der Waals surface area contributed by atoms with Gasteiger partial charge in [0.25, 0.3) is 0 Å². The maximum Gasteiger partial charge on any atom is 0.194 e. The van der Waals surface area contributed by atoms with Crippen LogP contribution in [0.1, 0.15) is 5.56 Å². The van der Waals surface area contributed by atoms with Crippen molar-refractivity contribution in [3.63, 3.8) is 0 Å². The first-order chi connectivity index (χ1) is 7.66. The van der Waals surface area contributed by atoms with Crippen LogP contribution in [0.15, 0.2) is 23.2 Å². The predicted molar refractivity (Wildman–Crippen MR) is 59.8 cm³/mol. The van der Waals surface area contributed by atoms with Crippen LogP contribution in [0.5, 0.6) is 5.75 Å². The number of benzene rings is 1. The minimum Gasteiger partial charge on any atom is -0.505 e. The third-order valence-electron chi connectivity index (χ3n) is 2.52. The molecule has 1 heterocycles. The number of rotatable bonds is 2. The van der Waals surface area contributed by atoms with Crippen molar-refractivity contribution >= 4 is 5.96 Å². The van der Waals surface area contributed by atoms with Crippen molar-refractivity contribution in [2.75, 3.05) is 20.1 Å². The van der Waals surface area contributed by atoms with Crippen molar-refractivity contribution in [2.24, 2.45) is 4.99 Å². The van der Waals surface area contributed by atoms with Crippen molar-refractivity contribution in [3.8, 4) is 5.75 Å². The summed E-state index contributed by atoms with van der Waals surface area (Å²) >= 11 is 0. The molecule has 1 aromatic carbocycles. The van der Waals surface area contributed by atoms with E-state index in [-0.39, 0.29) is 5.75 Å². The minimum atomic E-state index is -0.596. The highest BCUT2D eigenvalue weighted by Crippen LogP contribution is 2.15. The molecule has 0 saturated carbocycles. The number of phenolic OH excluding ortho intramolecular Hbond substituents is 1. The highest BCUT2D eigenvalue weighted by molar-refractivity contribution is 5.81. The number of phenols is 1. The number of aliphatic imine (C=N–C) groups is 1. The molecular weight excluding hydrogens is 209 g/mol. The van der Waals surface area contributed by atoms with Gasteiger partial charge in [-0.3, -0.25) is 4.99 Å². The maximum absolute atomic E-state index is 13.0. The Morgan fingerprint density at radius 2 is 2.38 bits per heavy atom. The lowest BCUT2D eigenvalue weighted by Gasteiger charge is -2.15. The Morgan fingerprint density at radius 1 is 1.56 bits per heavy atom. The molecule has 4 nitrogen and oxygen atoms in total. The van der Waals surface area contributed by atoms with E-state index in [9.17, 15) is 4.39 Å². The molecule has 16 heavy (non-hydrogen) atoms. The molecule has 86 valence electrons. The Hall–Kier alpha value is -1.78. The van der Waals surface area contributed by atoms with E-state index in [0.717, 1.165) is 24.6 Å². The van der Waals surface area contributed by atoms with Gasteiger partial charge in [0.15, 0.2) is 17.5 Å². The quantitative estimate of drug-likeness (QED) is 0.784. The van der Waals surface area contributed by atoms with E-state index in [1.165, 1.54) is 12.1 Å². The molecule has 1 aliphatic heterocycles. The predicted octanol–water partition coefficient (Wildman–Crippen LogP) is 0.922. The lowest BCUT2D eigenvalue weighted by Crippen LogP contribution is -2.35. The first kappa shape index (κ1) is 10.7. The molecule has 0 saturated heterocycles. The Balaban J connectivity index is 1.97. The van der Waals surface area contributed by atoms with Crippen LogP contribution in [-0.4, -0.2) is 36.1 Å². The summed E-state index contributed by atoms with van der Waals surface area (Å²) in [5, 5.41) is 12.2. The van der Waals surface area contributed by atoms with Gasteiger partial charge in [-0.1, -0.05) is 6.07 Å². The van der Waals surface area contributed by atoms with Crippen LogP contribution in [0.2, 0.25) is 0 Å². The van der Waals surface area contributed by atoms with Gasteiger partial charge in [0.05, 0.1) is 6.54 Å². The number of hydrogen-bond acceptors (Lipinski definition) is 4. The number of hydrogen-bond donors (Lipinski definition) is 2. The Kier molecular flexibility index (Phi) is 2.94. The lowest BCUT2D eigenvalue weighted by atomic mass is 10.2. The molecule has 5 heteroatoms. The van der Waals surface area contributed by atoms with Gasteiger partial charge in [0.1, 0.15) is 0 Å². The molecule has 0 unspecified atom stereocenters. The summed E-state index contributed by atoms with van der Waals surface area (Å²) in [6.07, 6.45) is 0. The largest absolute Gasteiger partial charge is 0.505 e. The highest BCUT2D eigenvalue weighted by atomic mass is 19.1. The first-order valence-corrected chi connectivity index (χ1v) is 5.13. The van der Waals surface area contributed by atoms with Crippen LogP contribution in [0.4, 0.5) is 4.39 Å². The van der Waals surface area contributed by atoms with Gasteiger partial charge in [-0.05, 0) is 17.7 Å². The average Bonchev–Trinajstić information content (AvgIpc) is 2.66. The summed E-state index contributed by atoms with van der Waals surface area (Å²) < 4.78 is 13.0. The third kappa shape index (κ3) is 2.24. The van der Waals surface area contributed by atoms with E-state index in [2.05, 4.69) is 10.3 Å². The fourth-order valence-corrected chi connectivity index (χ4v) is 1.56. The highest BCUT2D eigenvalue weighted by Gasteiger charge is 2.11. The molecule has 0 fully saturated rings. The molecule has 0 spiro atoms. The van der Waals surface area contributed by atoms with Gasteiger partial charge in [-0.2, -0.15) is 0 Å². The second-order valence-electron chi connectivity index (χ2n) is 3.77. The van der Waals surface area contributed by atoms with Gasteiger partial charge in [0.2, 0.25) is 0 Å². The van der Waals surface area contributed by atoms with Gasteiger partial charge >= 0.3 is 0 Å². The van der Waals surface area contributed by atoms with Gasteiger partial charge < -0.3 is 15.3 Å². The van der Waals surface area contributed by atoms with Crippen LogP contribution in [0, 0.1) is 5.82 Å². The third-order valence-corrected chi connectivity index (χ3v) is 2.52. The van der Waals surface area contributed by atoms with Gasteiger partial charge in [-0.15, -0.1) is 0 Å². The van der Waals surface area contributed by atoms with E-state index >= 15 is 0 Å². The zero-order chi connectivity index (χ0) is 11.5. The Bertz CT molecular complexity index is 420. The normalized spacial score (nSPS) is 15.1. The second-order valence-corrected chi connectivity index (χ2v) is 3.77. The zero-order valence-corrected chi connectivity index (χ0v) is 9.07. The monoisotopic (exact) mass is 223 g/mol. The molecule has 2 N–H and O–H groups in total. The standard InChI is InChI=1S/C11H14FN3O/c1-15-5-4-13-11(15)14-7-8-2-3-10(16)9(12)6-8/h2-3,6,16H,4-5,7H2,1H3,(H,13,14). The fraction of sp³-hybridized carbons (Fsp3) is 0.364. The van der Waals surface area contributed by atoms with Crippen LogP contribution < -0.4 is 5.32 Å². The summed E-state index contributed by atoms with van der Waals surface area (Å²) in [6.45, 7) is 2.20. The second kappa shape index (κ2) is 4.38. The fourth-order valence-electron chi connectivity index (χ4n) is 1.56. The molecule has 0 aliphatic carbocycles. The molecule has 0 radical (unpaired) electrons. The molecule has 0 amide bonds. The summed E-state index contributed by atoms with van der Waals surface area (Å²) in [5.41, 5.74) is 0.776. The van der Waals surface area contributed by atoms with Crippen LogP contribution in [-0.2, 0) is 6.54 Å². The maximum atomic E-state index is 13.0. The number of aromatic hydroxyl groups is 1. The van der Waals surface area contributed by atoms with E-state index in [1.54, 1.807) is 6.07 Å². The summed E-state index contributed by atoms with van der Waals surface area (Å²) in [6, 6.07) is 4.35. The van der Waals surface area contributed by atoms with E-state index in [1.807, 2.05) is 11.9 Å². The van der Waals surface area contributed by atoms with Gasteiger partial charge in [0, 0.05) is 20.1 Å². The lowest BCUT2D eigenvalue weighted by molar-refractivity contribution is 0.431. The summed E-state index contributed by atoms with van der Waals surface area (Å²) in [4.78, 5) is 6.27. The van der Waals surface area contributed by atoms with E-state index < -0.39 is 5.82 Å². The Labute approximate surface area is 93.4 Å². The SMILES string of the molecule is CN1CCN=C1NCc1ccc(O)c(F)c1. The number of guanidine groups is 1. The topological polar surface area (TPSA) is 47.9 Å². The molecule has 0 aromatic heterocycles. The number of likely N-dealkylation sites (N-methyl/N-ethyl adjacent to an activating group) is 1. The molecule has 1 aliphatic rings. The van der Waals surface area contributed by atoms with Crippen molar-refractivity contribution in [3.05, 3.63) is 29.6 Å². The van der Waals surface area contributed by atoms with Crippen LogP contribution >= 0.6 is 0 Å². The average molecular weight is 223 g/mol. The van der Waals surface area contributed by atoms with Crippen LogP contribution in [0.25, 0.3) is 0 Å². The zero-order valence-electron chi connectivity index (χ0n) is 9.07. The van der Waals surface area contributed by atoms with Crippen molar-refractivity contribution in [1.82, 2.24) is 10.2 Å². The summed E-state index contributed by atoms with van der Waals surface area (Å²) in [7, 11) is 1.95. The molecule has 1 aromatic rings. The minimum absolute atomic E-state index is 0.320. The molecule has 2 rings (SSSR count). The van der Waals surface area contributed by atoms with Crippen LogP contribution in [0.3, 0.4) is 0 Å². The van der Waals surface area contributed by atoms with Gasteiger partial charge in [-0.25, -0.2) is 4.39 Å². The first-order valence-electron chi connectivity index (χ1n) is 5.13. The van der Waals surface area contributed by atoms with E-state index in [4.69, 9.17) is 5.11 Å².